The van der Waals surface area contributed by atoms with Crippen molar-refractivity contribution in [3.63, 3.8) is 0 Å². The Morgan fingerprint density at radius 2 is 1.56 bits per heavy atom. The third-order valence-electron chi connectivity index (χ3n) is 2.55. The number of hydrogen-bond acceptors (Lipinski definition) is 3. The van der Waals surface area contributed by atoms with Crippen molar-refractivity contribution in [1.29, 1.82) is 0 Å². The number of aliphatic hydroxyl groups is 1. The molecule has 98 valence electrons. The molecule has 0 aromatic heterocycles. The molecular weight excluding hydrogens is 206 g/mol. The molecule has 0 amide bonds. The van der Waals surface area contributed by atoms with E-state index in [9.17, 15) is 9.90 Å². The van der Waals surface area contributed by atoms with Gasteiger partial charge in [0.1, 0.15) is 0 Å². The molecule has 0 rings (SSSR count). The van der Waals surface area contributed by atoms with Crippen molar-refractivity contribution in [3.05, 3.63) is 0 Å². The van der Waals surface area contributed by atoms with Crippen LogP contribution >= 0.6 is 0 Å². The van der Waals surface area contributed by atoms with E-state index in [0.29, 0.717) is 6.42 Å². The molecule has 0 fully saturated rings. The molecule has 0 radical (unpaired) electrons. The third kappa shape index (κ3) is 13.4. The number of aliphatic carboxylic acids is 1. The first kappa shape index (κ1) is 17.8. The highest BCUT2D eigenvalue weighted by Gasteiger charge is 2.08. The summed E-state index contributed by atoms with van der Waals surface area (Å²) in [7, 11) is 0. The molecule has 4 heteroatoms. The quantitative estimate of drug-likeness (QED) is 0.505. The van der Waals surface area contributed by atoms with Crippen LogP contribution in [0.2, 0.25) is 0 Å². The summed E-state index contributed by atoms with van der Waals surface area (Å²) in [5.41, 5.74) is 0. The number of carbonyl (C=O) groups is 1. The number of carboxylic acids is 1. The minimum atomic E-state index is -0.912. The van der Waals surface area contributed by atoms with Gasteiger partial charge in [0, 0.05) is 0 Å². The van der Waals surface area contributed by atoms with Gasteiger partial charge in [0.05, 0.1) is 12.5 Å². The molecule has 0 aromatic rings. The fourth-order valence-electron chi connectivity index (χ4n) is 1.64. The Labute approximate surface area is 98.6 Å². The van der Waals surface area contributed by atoms with Crippen LogP contribution < -0.4 is 6.15 Å². The maximum absolute atomic E-state index is 10.3. The topological polar surface area (TPSA) is 92.5 Å². The van der Waals surface area contributed by atoms with Gasteiger partial charge in [0.2, 0.25) is 0 Å². The highest BCUT2D eigenvalue weighted by atomic mass is 16.4. The molecule has 0 saturated heterocycles. The van der Waals surface area contributed by atoms with Crippen molar-refractivity contribution in [2.24, 2.45) is 0 Å². The van der Waals surface area contributed by atoms with Gasteiger partial charge in [-0.1, -0.05) is 51.9 Å². The minimum absolute atomic E-state index is 0. The Hall–Kier alpha value is -0.610. The first-order valence-corrected chi connectivity index (χ1v) is 6.06. The van der Waals surface area contributed by atoms with Gasteiger partial charge in [-0.15, -0.1) is 0 Å². The lowest BCUT2D eigenvalue weighted by Crippen LogP contribution is -2.12. The average molecular weight is 233 g/mol. The summed E-state index contributed by atoms with van der Waals surface area (Å²) >= 11 is 0. The van der Waals surface area contributed by atoms with Crippen molar-refractivity contribution in [2.45, 2.75) is 70.8 Å². The lowest BCUT2D eigenvalue weighted by molar-refractivity contribution is -0.139. The van der Waals surface area contributed by atoms with Gasteiger partial charge >= 0.3 is 5.97 Å². The monoisotopic (exact) mass is 233 g/mol. The Morgan fingerprint density at radius 1 is 1.06 bits per heavy atom. The molecule has 0 bridgehead atoms. The van der Waals surface area contributed by atoms with E-state index >= 15 is 0 Å². The first-order valence-electron chi connectivity index (χ1n) is 6.06. The summed E-state index contributed by atoms with van der Waals surface area (Å²) < 4.78 is 0. The largest absolute Gasteiger partial charge is 0.481 e. The zero-order valence-electron chi connectivity index (χ0n) is 10.5. The summed E-state index contributed by atoms with van der Waals surface area (Å²) in [4.78, 5) is 10.3. The van der Waals surface area contributed by atoms with Crippen LogP contribution in [0.3, 0.4) is 0 Å². The third-order valence-corrected chi connectivity index (χ3v) is 2.55. The van der Waals surface area contributed by atoms with Crippen molar-refractivity contribution < 1.29 is 15.0 Å². The fraction of sp³-hybridized carbons (Fsp3) is 0.917. The molecule has 1 atom stereocenters. The molecule has 0 aliphatic heterocycles. The van der Waals surface area contributed by atoms with Gasteiger partial charge in [-0.25, -0.2) is 0 Å². The molecular formula is C12H27NO3. The van der Waals surface area contributed by atoms with Crippen LogP contribution in [0, 0.1) is 0 Å². The number of aliphatic hydroxyl groups excluding tert-OH is 1. The highest BCUT2D eigenvalue weighted by molar-refractivity contribution is 5.67. The van der Waals surface area contributed by atoms with Crippen LogP contribution in [0.5, 0.6) is 0 Å². The summed E-state index contributed by atoms with van der Waals surface area (Å²) in [5.74, 6) is -0.912. The molecule has 16 heavy (non-hydrogen) atoms. The summed E-state index contributed by atoms with van der Waals surface area (Å²) in [5, 5.41) is 17.7. The van der Waals surface area contributed by atoms with Gasteiger partial charge in [-0.2, -0.15) is 0 Å². The van der Waals surface area contributed by atoms with E-state index in [1.54, 1.807) is 0 Å². The second-order valence-corrected chi connectivity index (χ2v) is 4.16. The van der Waals surface area contributed by atoms with E-state index in [4.69, 9.17) is 5.11 Å². The van der Waals surface area contributed by atoms with Crippen LogP contribution in [-0.2, 0) is 4.79 Å². The van der Waals surface area contributed by atoms with Crippen LogP contribution in [0.15, 0.2) is 0 Å². The average Bonchev–Trinajstić information content (AvgIpc) is 2.15. The van der Waals surface area contributed by atoms with Crippen molar-refractivity contribution in [2.75, 3.05) is 0 Å². The van der Waals surface area contributed by atoms with E-state index in [1.807, 2.05) is 0 Å². The minimum Gasteiger partial charge on any atom is -0.481 e. The van der Waals surface area contributed by atoms with Crippen LogP contribution in [-0.4, -0.2) is 22.3 Å². The molecule has 0 aromatic carbocycles. The van der Waals surface area contributed by atoms with E-state index in [2.05, 4.69) is 6.92 Å². The number of unbranched alkanes of at least 4 members (excludes halogenated alkanes) is 6. The summed E-state index contributed by atoms with van der Waals surface area (Å²) in [6.45, 7) is 2.20. The van der Waals surface area contributed by atoms with Crippen LogP contribution in [0.25, 0.3) is 0 Å². The van der Waals surface area contributed by atoms with Crippen molar-refractivity contribution in [3.8, 4) is 0 Å². The molecule has 0 saturated carbocycles. The van der Waals surface area contributed by atoms with Gasteiger partial charge in [-0.3, -0.25) is 4.79 Å². The summed E-state index contributed by atoms with van der Waals surface area (Å²) in [6.07, 6.45) is 8.25. The normalized spacial score (nSPS) is 11.9. The van der Waals surface area contributed by atoms with Crippen LogP contribution in [0.1, 0.15) is 64.7 Å². The molecule has 5 N–H and O–H groups in total. The Kier molecular flexibility index (Phi) is 13.8. The van der Waals surface area contributed by atoms with E-state index in [-0.39, 0.29) is 12.6 Å². The molecule has 0 spiro atoms. The number of rotatable bonds is 10. The van der Waals surface area contributed by atoms with E-state index < -0.39 is 12.1 Å². The summed E-state index contributed by atoms with van der Waals surface area (Å²) in [6, 6.07) is 0. The predicted octanol–water partition coefficient (Wildman–Crippen LogP) is 3.12. The fourth-order valence-corrected chi connectivity index (χ4v) is 1.64. The molecule has 1 unspecified atom stereocenters. The van der Waals surface area contributed by atoms with Gasteiger partial charge in [-0.05, 0) is 6.42 Å². The first-order chi connectivity index (χ1) is 7.16. The lowest BCUT2D eigenvalue weighted by Gasteiger charge is -2.06. The standard InChI is InChI=1S/C12H24O3.H3N/c1-2-3-4-5-6-7-8-9-11(13)10-12(14)15;/h11,13H,2-10H2,1H3,(H,14,15);1H3. The lowest BCUT2D eigenvalue weighted by atomic mass is 10.1. The Bertz CT molecular complexity index is 162. The second-order valence-electron chi connectivity index (χ2n) is 4.16. The molecule has 0 heterocycles. The zero-order valence-corrected chi connectivity index (χ0v) is 10.5. The second kappa shape index (κ2) is 12.5. The predicted molar refractivity (Wildman–Crippen MR) is 65.9 cm³/mol. The molecule has 0 aliphatic rings. The van der Waals surface area contributed by atoms with E-state index in [0.717, 1.165) is 12.8 Å². The van der Waals surface area contributed by atoms with Crippen molar-refractivity contribution >= 4 is 5.97 Å². The maximum Gasteiger partial charge on any atom is 0.305 e. The smallest absolute Gasteiger partial charge is 0.305 e. The van der Waals surface area contributed by atoms with Gasteiger partial charge in [0.25, 0.3) is 0 Å². The molecule has 4 nitrogen and oxygen atoms in total. The highest BCUT2D eigenvalue weighted by Crippen LogP contribution is 2.10. The van der Waals surface area contributed by atoms with Crippen LogP contribution in [0.4, 0.5) is 0 Å². The number of hydrogen-bond donors (Lipinski definition) is 3. The zero-order chi connectivity index (χ0) is 11.5. The Morgan fingerprint density at radius 3 is 2.06 bits per heavy atom. The van der Waals surface area contributed by atoms with Crippen molar-refractivity contribution in [1.82, 2.24) is 6.15 Å². The van der Waals surface area contributed by atoms with E-state index in [1.165, 1.54) is 32.1 Å². The van der Waals surface area contributed by atoms with Gasteiger partial charge in [0.15, 0.2) is 0 Å². The van der Waals surface area contributed by atoms with Gasteiger partial charge < -0.3 is 16.4 Å². The molecule has 0 aliphatic carbocycles. The maximum atomic E-state index is 10.3. The number of carboxylic acid groups (broad SMARTS) is 1. The SMILES string of the molecule is CCCCCCCCCC(O)CC(=O)O.N. The Balaban J connectivity index is 0.